The van der Waals surface area contributed by atoms with Gasteiger partial charge in [-0.2, -0.15) is 14.6 Å². The first kappa shape index (κ1) is 11.7. The largest absolute Gasteiger partial charge is 0.574 e. The Bertz CT molecular complexity index is 426. The summed E-state index contributed by atoms with van der Waals surface area (Å²) in [6.45, 7) is 0. The van der Waals surface area contributed by atoms with Crippen LogP contribution in [-0.4, -0.2) is 11.3 Å². The fraction of sp³-hybridized carbons (Fsp3) is 0.143. The maximum Gasteiger partial charge on any atom is 0.574 e. The third-order valence-corrected chi connectivity index (χ3v) is 1.86. The predicted octanol–water partition coefficient (Wildman–Crippen LogP) is 2.75. The molecular formula is C7HBrF4N2O. The van der Waals surface area contributed by atoms with E-state index in [-0.39, 0.29) is 4.47 Å². The van der Waals surface area contributed by atoms with E-state index in [0.717, 1.165) is 6.07 Å². The molecule has 0 aliphatic rings. The van der Waals surface area contributed by atoms with Crippen LogP contribution in [0, 0.1) is 17.3 Å². The number of alkyl halides is 3. The SMILES string of the molecule is N#Cc1c(Br)cc(F)nc1OC(F)(F)F. The van der Waals surface area contributed by atoms with Crippen LogP contribution in [0.25, 0.3) is 0 Å². The van der Waals surface area contributed by atoms with Gasteiger partial charge in [-0.05, 0) is 15.9 Å². The maximum absolute atomic E-state index is 12.6. The van der Waals surface area contributed by atoms with E-state index < -0.39 is 23.8 Å². The lowest BCUT2D eigenvalue weighted by Gasteiger charge is -2.09. The highest BCUT2D eigenvalue weighted by molar-refractivity contribution is 9.10. The van der Waals surface area contributed by atoms with E-state index in [1.807, 2.05) is 0 Å². The van der Waals surface area contributed by atoms with Crippen LogP contribution in [0.2, 0.25) is 0 Å². The first-order valence-electron chi connectivity index (χ1n) is 3.35. The summed E-state index contributed by atoms with van der Waals surface area (Å²) in [6, 6.07) is 2.18. The number of rotatable bonds is 1. The molecule has 0 aromatic carbocycles. The van der Waals surface area contributed by atoms with E-state index in [9.17, 15) is 17.6 Å². The Morgan fingerprint density at radius 3 is 2.53 bits per heavy atom. The van der Waals surface area contributed by atoms with E-state index in [1.54, 1.807) is 0 Å². The molecule has 0 bridgehead atoms. The molecule has 0 amide bonds. The van der Waals surface area contributed by atoms with E-state index in [0.29, 0.717) is 0 Å². The minimum absolute atomic E-state index is 0.156. The number of nitrogens with zero attached hydrogens (tertiary/aromatic N) is 2. The standard InChI is InChI=1S/C7HBrF4N2O/c8-4-1-5(9)14-6(3(4)2-13)15-7(10,11)12/h1H. The molecule has 8 heteroatoms. The number of ether oxygens (including phenoxy) is 1. The van der Waals surface area contributed by atoms with Crippen LogP contribution < -0.4 is 4.74 Å². The highest BCUT2D eigenvalue weighted by atomic mass is 79.9. The Hall–Kier alpha value is -1.36. The molecular weight excluding hydrogens is 284 g/mol. The van der Waals surface area contributed by atoms with Crippen molar-refractivity contribution in [3.8, 4) is 11.9 Å². The second-order valence-corrected chi connectivity index (χ2v) is 3.12. The maximum atomic E-state index is 12.6. The van der Waals surface area contributed by atoms with Crippen LogP contribution in [0.3, 0.4) is 0 Å². The number of aromatic nitrogens is 1. The van der Waals surface area contributed by atoms with Crippen molar-refractivity contribution in [1.29, 1.82) is 5.26 Å². The average Bonchev–Trinajstić information content (AvgIpc) is 1.99. The molecule has 0 atom stereocenters. The predicted molar refractivity (Wildman–Crippen MR) is 43.3 cm³/mol. The number of pyridine rings is 1. The summed E-state index contributed by atoms with van der Waals surface area (Å²) in [5.41, 5.74) is -0.520. The van der Waals surface area contributed by atoms with Gasteiger partial charge in [-0.15, -0.1) is 13.2 Å². The molecule has 1 aromatic rings. The molecule has 0 radical (unpaired) electrons. The van der Waals surface area contributed by atoms with Gasteiger partial charge in [0.2, 0.25) is 11.8 Å². The van der Waals surface area contributed by atoms with Gasteiger partial charge in [-0.3, -0.25) is 0 Å². The molecule has 0 fully saturated rings. The van der Waals surface area contributed by atoms with Gasteiger partial charge < -0.3 is 4.74 Å². The third kappa shape index (κ3) is 3.06. The molecule has 1 heterocycles. The molecule has 0 aliphatic carbocycles. The lowest BCUT2D eigenvalue weighted by molar-refractivity contribution is -0.276. The molecule has 0 spiro atoms. The summed E-state index contributed by atoms with van der Waals surface area (Å²) in [5, 5.41) is 8.50. The van der Waals surface area contributed by atoms with Crippen molar-refractivity contribution < 1.29 is 22.3 Å². The van der Waals surface area contributed by atoms with Crippen LogP contribution in [-0.2, 0) is 0 Å². The van der Waals surface area contributed by atoms with Gasteiger partial charge in [0, 0.05) is 10.5 Å². The molecule has 1 rings (SSSR count). The normalized spacial score (nSPS) is 10.9. The van der Waals surface area contributed by atoms with E-state index in [4.69, 9.17) is 5.26 Å². The van der Waals surface area contributed by atoms with Crippen molar-refractivity contribution in [3.05, 3.63) is 22.1 Å². The first-order chi connectivity index (χ1) is 6.83. The van der Waals surface area contributed by atoms with E-state index in [2.05, 4.69) is 25.7 Å². The fourth-order valence-electron chi connectivity index (χ4n) is 0.749. The third-order valence-electron chi connectivity index (χ3n) is 1.23. The van der Waals surface area contributed by atoms with Gasteiger partial charge in [0.05, 0.1) is 0 Å². The summed E-state index contributed by atoms with van der Waals surface area (Å²) < 4.78 is 51.3. The monoisotopic (exact) mass is 284 g/mol. The van der Waals surface area contributed by atoms with Crippen LogP contribution in [0.4, 0.5) is 17.6 Å². The molecule has 1 aromatic heterocycles. The second kappa shape index (κ2) is 4.02. The van der Waals surface area contributed by atoms with Crippen molar-refractivity contribution in [2.75, 3.05) is 0 Å². The molecule has 0 unspecified atom stereocenters. The molecule has 0 N–H and O–H groups in total. The number of halogens is 5. The van der Waals surface area contributed by atoms with Crippen molar-refractivity contribution in [1.82, 2.24) is 4.98 Å². The zero-order valence-electron chi connectivity index (χ0n) is 6.77. The zero-order valence-corrected chi connectivity index (χ0v) is 8.36. The quantitative estimate of drug-likeness (QED) is 0.588. The fourth-order valence-corrected chi connectivity index (χ4v) is 1.20. The second-order valence-electron chi connectivity index (χ2n) is 2.27. The molecule has 0 aliphatic heterocycles. The summed E-state index contributed by atoms with van der Waals surface area (Å²) in [6.07, 6.45) is -5.02. The summed E-state index contributed by atoms with van der Waals surface area (Å²) in [4.78, 5) is 2.83. The van der Waals surface area contributed by atoms with Gasteiger partial charge in [-0.1, -0.05) is 0 Å². The number of hydrogen-bond acceptors (Lipinski definition) is 3. The topological polar surface area (TPSA) is 45.9 Å². The summed E-state index contributed by atoms with van der Waals surface area (Å²) in [5.74, 6) is -2.29. The first-order valence-corrected chi connectivity index (χ1v) is 4.14. The summed E-state index contributed by atoms with van der Waals surface area (Å²) in [7, 11) is 0. The number of hydrogen-bond donors (Lipinski definition) is 0. The van der Waals surface area contributed by atoms with Crippen molar-refractivity contribution in [2.24, 2.45) is 0 Å². The van der Waals surface area contributed by atoms with Crippen molar-refractivity contribution in [2.45, 2.75) is 6.36 Å². The molecule has 80 valence electrons. The Labute approximate surface area is 89.4 Å². The Morgan fingerprint density at radius 2 is 2.07 bits per heavy atom. The van der Waals surface area contributed by atoms with Crippen molar-refractivity contribution >= 4 is 15.9 Å². The Balaban J connectivity index is 3.23. The Kier molecular flexibility index (Phi) is 3.14. The van der Waals surface area contributed by atoms with Crippen LogP contribution in [0.5, 0.6) is 5.88 Å². The minimum atomic E-state index is -5.02. The zero-order chi connectivity index (χ0) is 11.6. The molecule has 3 nitrogen and oxygen atoms in total. The minimum Gasteiger partial charge on any atom is -0.386 e. The Morgan fingerprint density at radius 1 is 1.47 bits per heavy atom. The van der Waals surface area contributed by atoms with Crippen molar-refractivity contribution in [3.63, 3.8) is 0 Å². The van der Waals surface area contributed by atoms with Gasteiger partial charge in [0.25, 0.3) is 0 Å². The van der Waals surface area contributed by atoms with Crippen LogP contribution >= 0.6 is 15.9 Å². The summed E-state index contributed by atoms with van der Waals surface area (Å²) >= 11 is 2.72. The lowest BCUT2D eigenvalue weighted by Crippen LogP contribution is -2.19. The van der Waals surface area contributed by atoms with E-state index in [1.165, 1.54) is 6.07 Å². The molecule has 0 saturated carbocycles. The molecule has 0 saturated heterocycles. The lowest BCUT2D eigenvalue weighted by atomic mass is 10.3. The van der Waals surface area contributed by atoms with Crippen LogP contribution in [0.1, 0.15) is 5.56 Å². The van der Waals surface area contributed by atoms with Gasteiger partial charge in [-0.25, -0.2) is 0 Å². The number of nitriles is 1. The van der Waals surface area contributed by atoms with Gasteiger partial charge in [0.1, 0.15) is 11.6 Å². The smallest absolute Gasteiger partial charge is 0.386 e. The van der Waals surface area contributed by atoms with Gasteiger partial charge in [0.15, 0.2) is 0 Å². The van der Waals surface area contributed by atoms with E-state index >= 15 is 0 Å². The average molecular weight is 285 g/mol. The highest BCUT2D eigenvalue weighted by Gasteiger charge is 2.33. The molecule has 15 heavy (non-hydrogen) atoms. The van der Waals surface area contributed by atoms with Gasteiger partial charge >= 0.3 is 6.36 Å². The van der Waals surface area contributed by atoms with Crippen LogP contribution in [0.15, 0.2) is 10.5 Å². The highest BCUT2D eigenvalue weighted by Crippen LogP contribution is 2.29.